The normalized spacial score (nSPS) is 14.6. The zero-order chi connectivity index (χ0) is 19.3. The van der Waals surface area contributed by atoms with Crippen LogP contribution in [0.25, 0.3) is 16.6 Å². The van der Waals surface area contributed by atoms with Gasteiger partial charge in [0.05, 0.1) is 0 Å². The average molecular weight is 394 g/mol. The first kappa shape index (κ1) is 17.5. The third-order valence-electron chi connectivity index (χ3n) is 5.59. The summed E-state index contributed by atoms with van der Waals surface area (Å²) in [6, 6.07) is 11.4. The van der Waals surface area contributed by atoms with Crippen LogP contribution in [0.1, 0.15) is 22.6 Å². The highest BCUT2D eigenvalue weighted by atomic mass is 35.5. The predicted molar refractivity (Wildman–Crippen MR) is 110 cm³/mol. The van der Waals surface area contributed by atoms with Crippen molar-refractivity contribution in [3.8, 4) is 0 Å². The molecule has 1 aliphatic rings. The van der Waals surface area contributed by atoms with Crippen molar-refractivity contribution in [2.45, 2.75) is 26.3 Å². The van der Waals surface area contributed by atoms with Gasteiger partial charge in [-0.3, -0.25) is 14.1 Å². The average Bonchev–Trinajstić information content (AvgIpc) is 3.05. The Labute approximate surface area is 167 Å². The molecule has 1 aromatic carbocycles. The number of nitrogens with zero attached hydrogens (tertiary/aromatic N) is 3. The minimum Gasteiger partial charge on any atom is -0.461 e. The summed E-state index contributed by atoms with van der Waals surface area (Å²) >= 11 is 6.18. The van der Waals surface area contributed by atoms with Crippen LogP contribution in [-0.2, 0) is 19.4 Å². The summed E-state index contributed by atoms with van der Waals surface area (Å²) in [4.78, 5) is 19.8. The van der Waals surface area contributed by atoms with Gasteiger partial charge in [-0.2, -0.15) is 0 Å². The number of furan rings is 1. The number of benzene rings is 1. The number of aryl methyl sites for hydroxylation is 1. The molecule has 4 heterocycles. The molecule has 28 heavy (non-hydrogen) atoms. The SMILES string of the molecule is Cc1nc2ccccn2c(=O)c1CCN1CCc2oc3ccc(Cl)cc3c2C1. The van der Waals surface area contributed by atoms with Gasteiger partial charge in [0, 0.05) is 59.5 Å². The summed E-state index contributed by atoms with van der Waals surface area (Å²) in [5.41, 5.74) is 4.43. The molecule has 0 saturated carbocycles. The van der Waals surface area contributed by atoms with Gasteiger partial charge in [-0.05, 0) is 43.7 Å². The van der Waals surface area contributed by atoms with Crippen LogP contribution in [0.4, 0.5) is 0 Å². The zero-order valence-corrected chi connectivity index (χ0v) is 16.4. The third-order valence-corrected chi connectivity index (χ3v) is 5.82. The van der Waals surface area contributed by atoms with E-state index in [1.807, 2.05) is 43.3 Å². The molecule has 0 fully saturated rings. The van der Waals surface area contributed by atoms with Crippen LogP contribution in [0.15, 0.2) is 51.8 Å². The van der Waals surface area contributed by atoms with E-state index in [1.54, 1.807) is 10.6 Å². The highest BCUT2D eigenvalue weighted by molar-refractivity contribution is 6.31. The predicted octanol–water partition coefficient (Wildman–Crippen LogP) is 4.00. The summed E-state index contributed by atoms with van der Waals surface area (Å²) in [7, 11) is 0. The van der Waals surface area contributed by atoms with Crippen molar-refractivity contribution in [3.05, 3.63) is 80.6 Å². The number of hydrogen-bond donors (Lipinski definition) is 0. The van der Waals surface area contributed by atoms with E-state index in [9.17, 15) is 4.79 Å². The number of pyridine rings is 1. The van der Waals surface area contributed by atoms with Crippen LogP contribution < -0.4 is 5.56 Å². The molecule has 0 amide bonds. The first-order valence-electron chi connectivity index (χ1n) is 9.49. The molecule has 4 aromatic rings. The summed E-state index contributed by atoms with van der Waals surface area (Å²) in [5.74, 6) is 1.05. The van der Waals surface area contributed by atoms with Crippen LogP contribution in [0.5, 0.6) is 0 Å². The summed E-state index contributed by atoms with van der Waals surface area (Å²) in [6.07, 6.45) is 3.33. The summed E-state index contributed by atoms with van der Waals surface area (Å²) in [6.45, 7) is 4.46. The maximum atomic E-state index is 12.9. The van der Waals surface area contributed by atoms with Gasteiger partial charge in [-0.1, -0.05) is 17.7 Å². The molecule has 3 aromatic heterocycles. The lowest BCUT2D eigenvalue weighted by Crippen LogP contribution is -2.33. The second-order valence-corrected chi connectivity index (χ2v) is 7.77. The van der Waals surface area contributed by atoms with Crippen molar-refractivity contribution in [2.24, 2.45) is 0 Å². The second-order valence-electron chi connectivity index (χ2n) is 7.33. The lowest BCUT2D eigenvalue weighted by molar-refractivity contribution is 0.246. The van der Waals surface area contributed by atoms with Crippen molar-refractivity contribution in [2.75, 3.05) is 13.1 Å². The van der Waals surface area contributed by atoms with Gasteiger partial charge < -0.3 is 4.42 Å². The largest absolute Gasteiger partial charge is 0.461 e. The smallest absolute Gasteiger partial charge is 0.261 e. The number of halogens is 1. The number of fused-ring (bicyclic) bond motifs is 4. The van der Waals surface area contributed by atoms with Gasteiger partial charge in [-0.15, -0.1) is 0 Å². The van der Waals surface area contributed by atoms with E-state index in [0.29, 0.717) is 12.1 Å². The van der Waals surface area contributed by atoms with Crippen molar-refractivity contribution in [1.29, 1.82) is 0 Å². The van der Waals surface area contributed by atoms with Gasteiger partial charge in [0.1, 0.15) is 17.0 Å². The Bertz CT molecular complexity index is 1260. The van der Waals surface area contributed by atoms with Gasteiger partial charge in [-0.25, -0.2) is 4.98 Å². The minimum atomic E-state index is 0.0290. The Morgan fingerprint density at radius 1 is 1.25 bits per heavy atom. The lowest BCUT2D eigenvalue weighted by atomic mass is 10.0. The molecular formula is C22H20ClN3O2. The number of aromatic nitrogens is 2. The quantitative estimate of drug-likeness (QED) is 0.528. The lowest BCUT2D eigenvalue weighted by Gasteiger charge is -2.26. The molecule has 5 nitrogen and oxygen atoms in total. The molecule has 0 spiro atoms. The molecule has 0 N–H and O–H groups in total. The van der Waals surface area contributed by atoms with Crippen LogP contribution in [-0.4, -0.2) is 27.4 Å². The zero-order valence-electron chi connectivity index (χ0n) is 15.6. The molecular weight excluding hydrogens is 374 g/mol. The van der Waals surface area contributed by atoms with Crippen molar-refractivity contribution >= 4 is 28.2 Å². The van der Waals surface area contributed by atoms with Crippen LogP contribution in [0.2, 0.25) is 5.02 Å². The van der Waals surface area contributed by atoms with Crippen LogP contribution >= 0.6 is 11.6 Å². The molecule has 0 bridgehead atoms. The molecule has 1 aliphatic heterocycles. The summed E-state index contributed by atoms with van der Waals surface area (Å²) in [5, 5.41) is 1.81. The summed E-state index contributed by atoms with van der Waals surface area (Å²) < 4.78 is 7.62. The maximum absolute atomic E-state index is 12.9. The Hall–Kier alpha value is -2.63. The standard InChI is InChI=1S/C22H20ClN3O2/c1-14-16(22(27)26-9-3-2-4-21(26)24-14)7-10-25-11-8-20-18(13-25)17-12-15(23)5-6-19(17)28-20/h2-6,9,12H,7-8,10-11,13H2,1H3. The van der Waals surface area contributed by atoms with E-state index >= 15 is 0 Å². The van der Waals surface area contributed by atoms with Crippen LogP contribution in [0.3, 0.4) is 0 Å². The van der Waals surface area contributed by atoms with Crippen LogP contribution in [0, 0.1) is 6.92 Å². The maximum Gasteiger partial charge on any atom is 0.261 e. The monoisotopic (exact) mass is 393 g/mol. The molecule has 5 rings (SSSR count). The van der Waals surface area contributed by atoms with Gasteiger partial charge >= 0.3 is 0 Å². The van der Waals surface area contributed by atoms with E-state index in [1.165, 1.54) is 5.56 Å². The fourth-order valence-corrected chi connectivity index (χ4v) is 4.27. The van der Waals surface area contributed by atoms with Crippen molar-refractivity contribution in [1.82, 2.24) is 14.3 Å². The third kappa shape index (κ3) is 2.91. The van der Waals surface area contributed by atoms with Gasteiger partial charge in [0.2, 0.25) is 0 Å². The van der Waals surface area contributed by atoms with Gasteiger partial charge in [0.15, 0.2) is 0 Å². The highest BCUT2D eigenvalue weighted by Crippen LogP contribution is 2.32. The molecule has 0 unspecified atom stereocenters. The van der Waals surface area contributed by atoms with E-state index < -0.39 is 0 Å². The van der Waals surface area contributed by atoms with E-state index in [-0.39, 0.29) is 5.56 Å². The topological polar surface area (TPSA) is 50.8 Å². The van der Waals surface area contributed by atoms with Crippen molar-refractivity contribution in [3.63, 3.8) is 0 Å². The van der Waals surface area contributed by atoms with E-state index in [4.69, 9.17) is 16.0 Å². The minimum absolute atomic E-state index is 0.0290. The van der Waals surface area contributed by atoms with E-state index in [2.05, 4.69) is 9.88 Å². The second kappa shape index (κ2) is 6.76. The first-order valence-corrected chi connectivity index (χ1v) is 9.87. The first-order chi connectivity index (χ1) is 13.6. The molecule has 142 valence electrons. The Balaban J connectivity index is 1.40. The fourth-order valence-electron chi connectivity index (χ4n) is 4.09. The Kier molecular flexibility index (Phi) is 4.22. The Morgan fingerprint density at radius 2 is 2.14 bits per heavy atom. The molecule has 6 heteroatoms. The van der Waals surface area contributed by atoms with E-state index in [0.717, 1.165) is 59.1 Å². The fraction of sp³-hybridized carbons (Fsp3) is 0.273. The highest BCUT2D eigenvalue weighted by Gasteiger charge is 2.23. The molecule has 0 radical (unpaired) electrons. The number of hydrogen-bond acceptors (Lipinski definition) is 4. The molecule has 0 atom stereocenters. The molecule has 0 aliphatic carbocycles. The molecule has 0 saturated heterocycles. The van der Waals surface area contributed by atoms with Gasteiger partial charge in [0.25, 0.3) is 5.56 Å². The van der Waals surface area contributed by atoms with Crippen molar-refractivity contribution < 1.29 is 4.42 Å². The number of rotatable bonds is 3. The Morgan fingerprint density at radius 3 is 3.04 bits per heavy atom.